The maximum atomic E-state index is 13.5. The smallest absolute Gasteiger partial charge is 0.336 e. The van der Waals surface area contributed by atoms with Crippen LogP contribution in [0.4, 0.5) is 0 Å². The molecule has 0 spiro atoms. The van der Waals surface area contributed by atoms with Crippen LogP contribution in [0.2, 0.25) is 0 Å². The highest BCUT2D eigenvalue weighted by molar-refractivity contribution is 7.89. The number of carbonyl (C=O) groups is 1. The van der Waals surface area contributed by atoms with Crippen molar-refractivity contribution in [1.82, 2.24) is 4.72 Å². The summed E-state index contributed by atoms with van der Waals surface area (Å²) in [5.41, 5.74) is 2.96. The summed E-state index contributed by atoms with van der Waals surface area (Å²) >= 11 is 0. The molecule has 0 saturated carbocycles. The minimum absolute atomic E-state index is 0.0528. The third kappa shape index (κ3) is 6.34. The number of rotatable bonds is 9. The number of hydrogen-bond donors (Lipinski definition) is 1. The van der Waals surface area contributed by atoms with Gasteiger partial charge in [0, 0.05) is 6.07 Å². The van der Waals surface area contributed by atoms with Crippen LogP contribution >= 0.6 is 0 Å². The van der Waals surface area contributed by atoms with E-state index in [1.807, 2.05) is 44.2 Å². The number of benzene rings is 3. The number of nitrogens with one attached hydrogen (secondary N) is 1. The highest BCUT2D eigenvalue weighted by Gasteiger charge is 2.29. The fourth-order valence-corrected chi connectivity index (χ4v) is 5.38. The van der Waals surface area contributed by atoms with Crippen LogP contribution in [0.25, 0.3) is 11.0 Å². The molecular formula is C29H29NO6S. The standard InChI is InChI=1S/C29H29NO6S/c1-4-8-22-18-27(31)35-25-15-20(3)16-26(28(22)25)36-29(32)24(17-21-9-6-5-7-10-21)30-37(33,34)23-13-11-19(2)12-14-23/h5-7,9-16,18,24,30H,4,8,17H2,1-3H3/t24-/m0/s1. The van der Waals surface area contributed by atoms with Crippen molar-refractivity contribution in [1.29, 1.82) is 0 Å². The Morgan fingerprint density at radius 1 is 0.973 bits per heavy atom. The molecule has 192 valence electrons. The molecule has 0 fully saturated rings. The molecular weight excluding hydrogens is 490 g/mol. The first-order valence-corrected chi connectivity index (χ1v) is 13.6. The first-order valence-electron chi connectivity index (χ1n) is 12.1. The number of hydrogen-bond acceptors (Lipinski definition) is 6. The lowest BCUT2D eigenvalue weighted by molar-refractivity contribution is -0.136. The molecule has 4 aromatic rings. The van der Waals surface area contributed by atoms with Gasteiger partial charge in [0.15, 0.2) is 0 Å². The maximum absolute atomic E-state index is 13.5. The van der Waals surface area contributed by atoms with E-state index in [1.165, 1.54) is 18.2 Å². The van der Waals surface area contributed by atoms with E-state index in [0.29, 0.717) is 23.0 Å². The van der Waals surface area contributed by atoms with Crippen LogP contribution in [-0.4, -0.2) is 20.4 Å². The predicted octanol–water partition coefficient (Wildman–Crippen LogP) is 4.86. The van der Waals surface area contributed by atoms with Gasteiger partial charge < -0.3 is 9.15 Å². The number of esters is 1. The van der Waals surface area contributed by atoms with Crippen molar-refractivity contribution in [2.75, 3.05) is 0 Å². The molecule has 0 unspecified atom stereocenters. The van der Waals surface area contributed by atoms with E-state index in [0.717, 1.165) is 23.1 Å². The first kappa shape index (κ1) is 26.3. The SMILES string of the molecule is CCCc1cc(=O)oc2cc(C)cc(OC(=O)[C@H](Cc3ccccc3)NS(=O)(=O)c3ccc(C)cc3)c12. The van der Waals surface area contributed by atoms with Crippen LogP contribution in [0.3, 0.4) is 0 Å². The zero-order valence-electron chi connectivity index (χ0n) is 21.0. The van der Waals surface area contributed by atoms with E-state index in [9.17, 15) is 18.0 Å². The Morgan fingerprint density at radius 2 is 1.68 bits per heavy atom. The van der Waals surface area contributed by atoms with Gasteiger partial charge in [0.1, 0.15) is 17.4 Å². The third-order valence-corrected chi connectivity index (χ3v) is 7.45. The molecule has 3 aromatic carbocycles. The van der Waals surface area contributed by atoms with Crippen LogP contribution in [0, 0.1) is 13.8 Å². The van der Waals surface area contributed by atoms with E-state index >= 15 is 0 Å². The average molecular weight is 520 g/mol. The van der Waals surface area contributed by atoms with E-state index in [2.05, 4.69) is 4.72 Å². The van der Waals surface area contributed by atoms with Crippen molar-refractivity contribution in [3.63, 3.8) is 0 Å². The molecule has 1 atom stereocenters. The lowest BCUT2D eigenvalue weighted by Gasteiger charge is -2.19. The van der Waals surface area contributed by atoms with Gasteiger partial charge in [-0.25, -0.2) is 18.0 Å². The van der Waals surface area contributed by atoms with Crippen molar-refractivity contribution in [3.8, 4) is 5.75 Å². The Bertz CT molecular complexity index is 1580. The van der Waals surface area contributed by atoms with E-state index in [4.69, 9.17) is 9.15 Å². The van der Waals surface area contributed by atoms with E-state index < -0.39 is 27.7 Å². The topological polar surface area (TPSA) is 103 Å². The maximum Gasteiger partial charge on any atom is 0.336 e. The number of carbonyl (C=O) groups excluding carboxylic acids is 1. The van der Waals surface area contributed by atoms with Crippen molar-refractivity contribution in [2.45, 2.75) is 51.0 Å². The molecule has 0 aliphatic carbocycles. The summed E-state index contributed by atoms with van der Waals surface area (Å²) in [5.74, 6) is -0.542. The summed E-state index contributed by atoms with van der Waals surface area (Å²) in [4.78, 5) is 25.7. The van der Waals surface area contributed by atoms with Crippen LogP contribution < -0.4 is 15.1 Å². The zero-order chi connectivity index (χ0) is 26.6. The van der Waals surface area contributed by atoms with Crippen LogP contribution in [-0.2, 0) is 27.7 Å². The van der Waals surface area contributed by atoms with Gasteiger partial charge in [0.05, 0.1) is 10.3 Å². The van der Waals surface area contributed by atoms with Gasteiger partial charge in [0.25, 0.3) is 0 Å². The lowest BCUT2D eigenvalue weighted by atomic mass is 10.0. The van der Waals surface area contributed by atoms with Gasteiger partial charge in [-0.2, -0.15) is 4.72 Å². The Balaban J connectivity index is 1.73. The highest BCUT2D eigenvalue weighted by Crippen LogP contribution is 2.31. The summed E-state index contributed by atoms with van der Waals surface area (Å²) in [5, 5.41) is 0.528. The van der Waals surface area contributed by atoms with Gasteiger partial charge >= 0.3 is 11.6 Å². The van der Waals surface area contributed by atoms with Crippen LogP contribution in [0.5, 0.6) is 5.75 Å². The third-order valence-electron chi connectivity index (χ3n) is 5.96. The molecule has 0 amide bonds. The molecule has 0 radical (unpaired) electrons. The lowest BCUT2D eigenvalue weighted by Crippen LogP contribution is -2.44. The highest BCUT2D eigenvalue weighted by atomic mass is 32.2. The minimum atomic E-state index is -4.02. The summed E-state index contributed by atoms with van der Waals surface area (Å²) in [6, 6.07) is 19.1. The predicted molar refractivity (Wildman–Crippen MR) is 142 cm³/mol. The second kappa shape index (κ2) is 11.1. The largest absolute Gasteiger partial charge is 0.425 e. The van der Waals surface area contributed by atoms with Gasteiger partial charge in [-0.15, -0.1) is 0 Å². The van der Waals surface area contributed by atoms with Crippen molar-refractivity contribution < 1.29 is 22.4 Å². The van der Waals surface area contributed by atoms with Crippen molar-refractivity contribution in [2.24, 2.45) is 0 Å². The summed E-state index contributed by atoms with van der Waals surface area (Å²) in [7, 11) is -4.02. The molecule has 1 aromatic heterocycles. The molecule has 37 heavy (non-hydrogen) atoms. The van der Waals surface area contributed by atoms with Crippen molar-refractivity contribution >= 4 is 27.0 Å². The number of fused-ring (bicyclic) bond motifs is 1. The number of aryl methyl sites for hydroxylation is 3. The Labute approximate surface area is 216 Å². The molecule has 0 bridgehead atoms. The molecule has 0 aliphatic rings. The Morgan fingerprint density at radius 3 is 2.35 bits per heavy atom. The Hall–Kier alpha value is -3.75. The molecule has 0 saturated heterocycles. The minimum Gasteiger partial charge on any atom is -0.425 e. The first-order chi connectivity index (χ1) is 17.7. The van der Waals surface area contributed by atoms with Gasteiger partial charge in [-0.05, 0) is 67.6 Å². The van der Waals surface area contributed by atoms with Crippen LogP contribution in [0.1, 0.15) is 35.6 Å². The summed E-state index contributed by atoms with van der Waals surface area (Å²) in [6.07, 6.45) is 1.45. The zero-order valence-corrected chi connectivity index (χ0v) is 21.8. The molecule has 1 heterocycles. The van der Waals surface area contributed by atoms with E-state index in [-0.39, 0.29) is 17.1 Å². The van der Waals surface area contributed by atoms with Crippen LogP contribution in [0.15, 0.2) is 86.9 Å². The number of sulfonamides is 1. The molecule has 7 nitrogen and oxygen atoms in total. The molecule has 1 N–H and O–H groups in total. The van der Waals surface area contributed by atoms with E-state index in [1.54, 1.807) is 31.2 Å². The fraction of sp³-hybridized carbons (Fsp3) is 0.241. The number of ether oxygens (including phenoxy) is 1. The summed E-state index contributed by atoms with van der Waals surface area (Å²) in [6.45, 7) is 5.64. The average Bonchev–Trinajstić information content (AvgIpc) is 2.84. The van der Waals surface area contributed by atoms with Crippen molar-refractivity contribution in [3.05, 3.63) is 105 Å². The van der Waals surface area contributed by atoms with Gasteiger partial charge in [-0.3, -0.25) is 0 Å². The van der Waals surface area contributed by atoms with Gasteiger partial charge in [-0.1, -0.05) is 61.4 Å². The second-order valence-electron chi connectivity index (χ2n) is 9.07. The summed E-state index contributed by atoms with van der Waals surface area (Å²) < 4.78 is 40.1. The van der Waals surface area contributed by atoms with Gasteiger partial charge in [0.2, 0.25) is 10.0 Å². The normalized spacial score (nSPS) is 12.4. The monoisotopic (exact) mass is 519 g/mol. The molecule has 8 heteroatoms. The second-order valence-corrected chi connectivity index (χ2v) is 10.8. The molecule has 4 rings (SSSR count). The Kier molecular flexibility index (Phi) is 7.90. The fourth-order valence-electron chi connectivity index (χ4n) is 4.19. The molecule has 0 aliphatic heterocycles. The quantitative estimate of drug-likeness (QED) is 0.193.